The first-order chi connectivity index (χ1) is 7.81. The predicted octanol–water partition coefficient (Wildman–Crippen LogP) is 2.70. The smallest absolute Gasteiger partial charge is 0.255 e. The zero-order chi connectivity index (χ0) is 11.1. The summed E-state index contributed by atoms with van der Waals surface area (Å²) in [4.78, 5) is 14.1. The van der Waals surface area contributed by atoms with Crippen LogP contribution in [0.5, 0.6) is 0 Å². The molecule has 2 heteroatoms. The number of benzene rings is 1. The Morgan fingerprint density at radius 1 is 1.38 bits per heavy atom. The number of amides is 1. The molecule has 0 fully saturated rings. The van der Waals surface area contributed by atoms with E-state index in [9.17, 15) is 4.79 Å². The van der Waals surface area contributed by atoms with Gasteiger partial charge in [0.05, 0.1) is 6.04 Å². The Balaban J connectivity index is 2.05. The molecule has 0 N–H and O–H groups in total. The van der Waals surface area contributed by atoms with Crippen molar-refractivity contribution in [1.29, 1.82) is 0 Å². The highest BCUT2D eigenvalue weighted by molar-refractivity contribution is 5.99. The summed E-state index contributed by atoms with van der Waals surface area (Å²) in [5.41, 5.74) is 3.19. The highest BCUT2D eigenvalue weighted by Gasteiger charge is 2.37. The third-order valence-corrected chi connectivity index (χ3v) is 3.41. The highest BCUT2D eigenvalue weighted by Crippen LogP contribution is 2.39. The molecule has 0 aromatic heterocycles. The normalized spacial score (nSPS) is 22.5. The van der Waals surface area contributed by atoms with E-state index in [-0.39, 0.29) is 11.9 Å². The number of hydrogen-bond acceptors (Lipinski definition) is 1. The Hall–Kier alpha value is -1.83. The number of carbonyl (C=O) groups excluding carboxylic acids is 1. The molecule has 1 aromatic carbocycles. The van der Waals surface area contributed by atoms with Crippen molar-refractivity contribution in [2.75, 3.05) is 6.54 Å². The summed E-state index contributed by atoms with van der Waals surface area (Å²) in [5, 5.41) is 0. The standard InChI is InChI=1S/C14H13NO/c1-2-10-7-8-13-11-5-3-4-6-12(11)14(16)15(13)9-10/h2-7,13H,1,8-9H2. The van der Waals surface area contributed by atoms with Gasteiger partial charge in [-0.2, -0.15) is 0 Å². The van der Waals surface area contributed by atoms with Crippen LogP contribution >= 0.6 is 0 Å². The molecule has 0 spiro atoms. The fourth-order valence-corrected chi connectivity index (χ4v) is 2.55. The molecule has 1 amide bonds. The van der Waals surface area contributed by atoms with Gasteiger partial charge in [-0.15, -0.1) is 0 Å². The van der Waals surface area contributed by atoms with Crippen LogP contribution in [-0.4, -0.2) is 17.4 Å². The third kappa shape index (κ3) is 1.16. The van der Waals surface area contributed by atoms with Gasteiger partial charge in [0.1, 0.15) is 0 Å². The average Bonchev–Trinajstić information content (AvgIpc) is 2.64. The van der Waals surface area contributed by atoms with E-state index < -0.39 is 0 Å². The molecule has 0 saturated heterocycles. The lowest BCUT2D eigenvalue weighted by Crippen LogP contribution is -2.32. The molecule has 2 aliphatic rings. The molecule has 1 atom stereocenters. The fraction of sp³-hybridized carbons (Fsp3) is 0.214. The summed E-state index contributed by atoms with van der Waals surface area (Å²) in [7, 11) is 0. The Kier molecular flexibility index (Phi) is 1.96. The third-order valence-electron chi connectivity index (χ3n) is 3.41. The van der Waals surface area contributed by atoms with Gasteiger partial charge in [-0.3, -0.25) is 4.79 Å². The maximum Gasteiger partial charge on any atom is 0.255 e. The maximum absolute atomic E-state index is 12.2. The van der Waals surface area contributed by atoms with Crippen LogP contribution in [0.4, 0.5) is 0 Å². The molecule has 80 valence electrons. The quantitative estimate of drug-likeness (QED) is 0.699. The molecule has 0 radical (unpaired) electrons. The lowest BCUT2D eigenvalue weighted by molar-refractivity contribution is 0.0736. The minimum Gasteiger partial charge on any atom is -0.327 e. The van der Waals surface area contributed by atoms with Crippen LogP contribution in [-0.2, 0) is 0 Å². The molecule has 0 aliphatic carbocycles. The molecule has 16 heavy (non-hydrogen) atoms. The van der Waals surface area contributed by atoms with Gasteiger partial charge in [-0.25, -0.2) is 0 Å². The number of hydrogen-bond donors (Lipinski definition) is 0. The lowest BCUT2D eigenvalue weighted by Gasteiger charge is -2.29. The largest absolute Gasteiger partial charge is 0.327 e. The van der Waals surface area contributed by atoms with Gasteiger partial charge in [0.15, 0.2) is 0 Å². The average molecular weight is 211 g/mol. The summed E-state index contributed by atoms with van der Waals surface area (Å²) in [6, 6.07) is 8.15. The molecule has 1 unspecified atom stereocenters. The minimum absolute atomic E-state index is 0.160. The highest BCUT2D eigenvalue weighted by atomic mass is 16.2. The van der Waals surface area contributed by atoms with E-state index in [1.54, 1.807) is 0 Å². The molecule has 0 bridgehead atoms. The number of carbonyl (C=O) groups is 1. The van der Waals surface area contributed by atoms with Crippen molar-refractivity contribution < 1.29 is 4.79 Å². The number of rotatable bonds is 1. The van der Waals surface area contributed by atoms with E-state index in [1.807, 2.05) is 29.2 Å². The van der Waals surface area contributed by atoms with Crippen molar-refractivity contribution in [3.8, 4) is 0 Å². The zero-order valence-electron chi connectivity index (χ0n) is 9.02. The van der Waals surface area contributed by atoms with Gasteiger partial charge in [0, 0.05) is 12.1 Å². The molecule has 2 heterocycles. The van der Waals surface area contributed by atoms with Gasteiger partial charge in [-0.05, 0) is 23.6 Å². The number of fused-ring (bicyclic) bond motifs is 3. The molecule has 0 saturated carbocycles. The van der Waals surface area contributed by atoms with E-state index in [2.05, 4.69) is 18.7 Å². The van der Waals surface area contributed by atoms with Gasteiger partial charge in [-0.1, -0.05) is 36.9 Å². The van der Waals surface area contributed by atoms with Gasteiger partial charge >= 0.3 is 0 Å². The van der Waals surface area contributed by atoms with E-state index in [1.165, 1.54) is 5.56 Å². The SMILES string of the molecule is C=CC1=CCC2c3ccccc3C(=O)N2C1. The topological polar surface area (TPSA) is 20.3 Å². The van der Waals surface area contributed by atoms with Gasteiger partial charge in [0.2, 0.25) is 0 Å². The Labute approximate surface area is 94.9 Å². The summed E-state index contributed by atoms with van der Waals surface area (Å²) >= 11 is 0. The molecular weight excluding hydrogens is 198 g/mol. The number of nitrogens with zero attached hydrogens (tertiary/aromatic N) is 1. The van der Waals surface area contributed by atoms with Crippen molar-refractivity contribution in [3.05, 3.63) is 59.7 Å². The zero-order valence-corrected chi connectivity index (χ0v) is 9.02. The van der Waals surface area contributed by atoms with Crippen molar-refractivity contribution in [2.24, 2.45) is 0 Å². The Morgan fingerprint density at radius 3 is 3.00 bits per heavy atom. The molecule has 2 nitrogen and oxygen atoms in total. The van der Waals surface area contributed by atoms with Crippen LogP contribution in [0.1, 0.15) is 28.4 Å². The van der Waals surface area contributed by atoms with E-state index in [4.69, 9.17) is 0 Å². The van der Waals surface area contributed by atoms with Crippen LogP contribution in [0.2, 0.25) is 0 Å². The summed E-state index contributed by atoms with van der Waals surface area (Å²) < 4.78 is 0. The summed E-state index contributed by atoms with van der Waals surface area (Å²) in [6.07, 6.45) is 4.93. The van der Waals surface area contributed by atoms with Gasteiger partial charge < -0.3 is 4.90 Å². The van der Waals surface area contributed by atoms with Crippen molar-refractivity contribution >= 4 is 5.91 Å². The molecule has 1 aromatic rings. The van der Waals surface area contributed by atoms with Crippen LogP contribution in [0.3, 0.4) is 0 Å². The van der Waals surface area contributed by atoms with Crippen molar-refractivity contribution in [1.82, 2.24) is 4.90 Å². The second kappa shape index (κ2) is 3.34. The lowest BCUT2D eigenvalue weighted by atomic mass is 9.98. The molecular formula is C14H13NO. The van der Waals surface area contributed by atoms with Crippen LogP contribution < -0.4 is 0 Å². The monoisotopic (exact) mass is 211 g/mol. The first kappa shape index (κ1) is 9.40. The second-order valence-corrected chi connectivity index (χ2v) is 4.25. The van der Waals surface area contributed by atoms with E-state index in [0.29, 0.717) is 6.54 Å². The Morgan fingerprint density at radius 2 is 2.19 bits per heavy atom. The maximum atomic E-state index is 12.2. The van der Waals surface area contributed by atoms with Crippen LogP contribution in [0.25, 0.3) is 0 Å². The van der Waals surface area contributed by atoms with E-state index in [0.717, 1.165) is 17.6 Å². The van der Waals surface area contributed by atoms with Crippen molar-refractivity contribution in [3.63, 3.8) is 0 Å². The van der Waals surface area contributed by atoms with Crippen LogP contribution in [0, 0.1) is 0 Å². The summed E-state index contributed by atoms with van der Waals surface area (Å²) in [5.74, 6) is 0.160. The first-order valence-electron chi connectivity index (χ1n) is 5.52. The van der Waals surface area contributed by atoms with Crippen molar-refractivity contribution in [2.45, 2.75) is 12.5 Å². The first-order valence-corrected chi connectivity index (χ1v) is 5.52. The van der Waals surface area contributed by atoms with Gasteiger partial charge in [0.25, 0.3) is 5.91 Å². The molecule has 3 rings (SSSR count). The summed E-state index contributed by atoms with van der Waals surface area (Å²) in [6.45, 7) is 4.46. The fourth-order valence-electron chi connectivity index (χ4n) is 2.55. The minimum atomic E-state index is 0.160. The molecule has 2 aliphatic heterocycles. The van der Waals surface area contributed by atoms with Crippen LogP contribution in [0.15, 0.2) is 48.6 Å². The predicted molar refractivity (Wildman–Crippen MR) is 63.1 cm³/mol. The Bertz CT molecular complexity index is 501. The van der Waals surface area contributed by atoms with E-state index >= 15 is 0 Å². The second-order valence-electron chi connectivity index (χ2n) is 4.25.